The zero-order valence-electron chi connectivity index (χ0n) is 12.0. The first kappa shape index (κ1) is 14.5. The summed E-state index contributed by atoms with van der Waals surface area (Å²) < 4.78 is 10.2. The van der Waals surface area contributed by atoms with Gasteiger partial charge in [-0.15, -0.1) is 0 Å². The lowest BCUT2D eigenvalue weighted by molar-refractivity contribution is 0.0430. The Morgan fingerprint density at radius 1 is 1.13 bits per heavy atom. The molecular formula is C17H11N3O3. The summed E-state index contributed by atoms with van der Waals surface area (Å²) >= 11 is 0. The van der Waals surface area contributed by atoms with Gasteiger partial charge in [-0.2, -0.15) is 10.2 Å². The van der Waals surface area contributed by atoms with Crippen LogP contribution >= 0.6 is 0 Å². The Balaban J connectivity index is 1.63. The van der Waals surface area contributed by atoms with E-state index in [0.29, 0.717) is 17.0 Å². The molecule has 6 heteroatoms. The van der Waals surface area contributed by atoms with Crippen molar-refractivity contribution in [2.24, 2.45) is 0 Å². The van der Waals surface area contributed by atoms with E-state index in [0.717, 1.165) is 5.56 Å². The molecule has 6 nitrogen and oxygen atoms in total. The summed E-state index contributed by atoms with van der Waals surface area (Å²) in [5, 5.41) is 12.6. The number of hydrogen-bond donors (Lipinski definition) is 0. The van der Waals surface area contributed by atoms with Crippen LogP contribution in [0.25, 0.3) is 11.4 Å². The van der Waals surface area contributed by atoms with Gasteiger partial charge in [0.05, 0.1) is 17.2 Å². The summed E-state index contributed by atoms with van der Waals surface area (Å²) in [4.78, 5) is 16.1. The Hall–Kier alpha value is -3.46. The van der Waals surface area contributed by atoms with E-state index in [9.17, 15) is 4.79 Å². The van der Waals surface area contributed by atoms with E-state index in [4.69, 9.17) is 14.5 Å². The number of rotatable bonds is 4. The van der Waals surface area contributed by atoms with E-state index in [1.54, 1.807) is 12.1 Å². The summed E-state index contributed by atoms with van der Waals surface area (Å²) in [7, 11) is 0. The number of nitrogens with zero attached hydrogens (tertiary/aromatic N) is 3. The van der Waals surface area contributed by atoms with Gasteiger partial charge in [-0.05, 0) is 24.3 Å². The quantitative estimate of drug-likeness (QED) is 0.688. The highest BCUT2D eigenvalue weighted by Gasteiger charge is 2.12. The number of carbonyl (C=O) groups excluding carboxylic acids is 1. The summed E-state index contributed by atoms with van der Waals surface area (Å²) in [5.41, 5.74) is 1.65. The minimum atomic E-state index is -0.519. The van der Waals surface area contributed by atoms with E-state index < -0.39 is 5.97 Å². The largest absolute Gasteiger partial charge is 0.452 e. The molecule has 0 bridgehead atoms. The van der Waals surface area contributed by atoms with Crippen LogP contribution < -0.4 is 0 Å². The lowest BCUT2D eigenvalue weighted by Crippen LogP contribution is -2.05. The fourth-order valence-electron chi connectivity index (χ4n) is 1.91. The van der Waals surface area contributed by atoms with Crippen LogP contribution in [-0.2, 0) is 11.3 Å². The number of aromatic nitrogens is 2. The lowest BCUT2D eigenvalue weighted by Gasteiger charge is -2.01. The molecule has 23 heavy (non-hydrogen) atoms. The molecule has 0 aliphatic carbocycles. The SMILES string of the molecule is N#Cc1ccc(C(=O)OCc2nc(-c3ccccc3)no2)cc1. The first-order valence-electron chi connectivity index (χ1n) is 6.81. The van der Waals surface area contributed by atoms with E-state index in [1.807, 2.05) is 36.4 Å². The maximum Gasteiger partial charge on any atom is 0.338 e. The second-order valence-electron chi connectivity index (χ2n) is 4.64. The predicted octanol–water partition coefficient (Wildman–Crippen LogP) is 2.97. The molecule has 0 aliphatic rings. The van der Waals surface area contributed by atoms with Crippen LogP contribution in [0, 0.1) is 11.3 Å². The zero-order chi connectivity index (χ0) is 16.1. The summed E-state index contributed by atoms with van der Waals surface area (Å²) in [6.45, 7) is -0.112. The van der Waals surface area contributed by atoms with Crippen LogP contribution in [0.15, 0.2) is 59.1 Å². The first-order valence-corrected chi connectivity index (χ1v) is 6.81. The summed E-state index contributed by atoms with van der Waals surface area (Å²) in [5.74, 6) is 0.134. The normalized spacial score (nSPS) is 10.0. The Morgan fingerprint density at radius 3 is 2.57 bits per heavy atom. The van der Waals surface area contributed by atoms with Gasteiger partial charge in [-0.1, -0.05) is 35.5 Å². The third-order valence-corrected chi connectivity index (χ3v) is 3.08. The third kappa shape index (κ3) is 3.41. The average molecular weight is 305 g/mol. The highest BCUT2D eigenvalue weighted by Crippen LogP contribution is 2.15. The third-order valence-electron chi connectivity index (χ3n) is 3.08. The number of hydrogen-bond acceptors (Lipinski definition) is 6. The van der Waals surface area contributed by atoms with Gasteiger partial charge in [0.2, 0.25) is 5.82 Å². The maximum absolute atomic E-state index is 11.9. The van der Waals surface area contributed by atoms with Crippen LogP contribution in [-0.4, -0.2) is 16.1 Å². The van der Waals surface area contributed by atoms with E-state index in [2.05, 4.69) is 10.1 Å². The van der Waals surface area contributed by atoms with Gasteiger partial charge in [-0.3, -0.25) is 0 Å². The standard InChI is InChI=1S/C17H11N3O3/c18-10-12-6-8-14(9-7-12)17(21)22-11-15-19-16(20-23-15)13-4-2-1-3-5-13/h1-9H,11H2. The van der Waals surface area contributed by atoms with E-state index in [1.165, 1.54) is 12.1 Å². The van der Waals surface area contributed by atoms with Crippen molar-refractivity contribution in [2.75, 3.05) is 0 Å². The summed E-state index contributed by atoms with van der Waals surface area (Å²) in [6.07, 6.45) is 0. The average Bonchev–Trinajstić information content (AvgIpc) is 3.09. The highest BCUT2D eigenvalue weighted by atomic mass is 16.6. The molecule has 0 N–H and O–H groups in total. The molecule has 0 fully saturated rings. The molecule has 1 aromatic heterocycles. The number of nitriles is 1. The molecule has 0 unspecified atom stereocenters. The molecule has 0 spiro atoms. The molecule has 0 radical (unpaired) electrons. The minimum Gasteiger partial charge on any atom is -0.452 e. The van der Waals surface area contributed by atoms with Crippen molar-refractivity contribution in [1.82, 2.24) is 10.1 Å². The van der Waals surface area contributed by atoms with Crippen molar-refractivity contribution in [3.05, 3.63) is 71.6 Å². The first-order chi connectivity index (χ1) is 11.3. The fourth-order valence-corrected chi connectivity index (χ4v) is 1.91. The summed E-state index contributed by atoms with van der Waals surface area (Å²) in [6, 6.07) is 17.5. The van der Waals surface area contributed by atoms with E-state index >= 15 is 0 Å². The molecule has 0 amide bonds. The molecule has 0 saturated carbocycles. The molecule has 3 rings (SSSR count). The number of benzene rings is 2. The van der Waals surface area contributed by atoms with Crippen LogP contribution in [0.4, 0.5) is 0 Å². The Kier molecular flexibility index (Phi) is 4.11. The van der Waals surface area contributed by atoms with Gasteiger partial charge in [0, 0.05) is 5.56 Å². The molecule has 1 heterocycles. The molecule has 0 saturated heterocycles. The topological polar surface area (TPSA) is 89.0 Å². The second-order valence-corrected chi connectivity index (χ2v) is 4.64. The van der Waals surface area contributed by atoms with Crippen molar-refractivity contribution < 1.29 is 14.1 Å². The molecule has 2 aromatic carbocycles. The Bertz CT molecular complexity index is 849. The minimum absolute atomic E-state index is 0.112. The molecular weight excluding hydrogens is 294 g/mol. The van der Waals surface area contributed by atoms with Crippen LogP contribution in [0.5, 0.6) is 0 Å². The number of ether oxygens (including phenoxy) is 1. The molecule has 0 aliphatic heterocycles. The van der Waals surface area contributed by atoms with Crippen LogP contribution in [0.3, 0.4) is 0 Å². The Morgan fingerprint density at radius 2 is 1.87 bits per heavy atom. The maximum atomic E-state index is 11.9. The molecule has 3 aromatic rings. The van der Waals surface area contributed by atoms with Crippen molar-refractivity contribution in [3.63, 3.8) is 0 Å². The number of esters is 1. The Labute approximate surface area is 131 Å². The lowest BCUT2D eigenvalue weighted by atomic mass is 10.1. The second kappa shape index (κ2) is 6.54. The van der Waals surface area contributed by atoms with Crippen molar-refractivity contribution in [1.29, 1.82) is 5.26 Å². The van der Waals surface area contributed by atoms with Crippen molar-refractivity contribution in [2.45, 2.75) is 6.61 Å². The van der Waals surface area contributed by atoms with Crippen LogP contribution in [0.1, 0.15) is 21.8 Å². The van der Waals surface area contributed by atoms with E-state index in [-0.39, 0.29) is 12.5 Å². The van der Waals surface area contributed by atoms with Crippen molar-refractivity contribution in [3.8, 4) is 17.5 Å². The fraction of sp³-hybridized carbons (Fsp3) is 0.0588. The van der Waals surface area contributed by atoms with Gasteiger partial charge >= 0.3 is 5.97 Å². The number of carbonyl (C=O) groups is 1. The van der Waals surface area contributed by atoms with Gasteiger partial charge in [0.25, 0.3) is 5.89 Å². The molecule has 112 valence electrons. The van der Waals surface area contributed by atoms with Gasteiger partial charge in [-0.25, -0.2) is 4.79 Å². The van der Waals surface area contributed by atoms with Crippen molar-refractivity contribution >= 4 is 5.97 Å². The van der Waals surface area contributed by atoms with Crippen LogP contribution in [0.2, 0.25) is 0 Å². The predicted molar refractivity (Wildman–Crippen MR) is 80.0 cm³/mol. The smallest absolute Gasteiger partial charge is 0.338 e. The highest BCUT2D eigenvalue weighted by molar-refractivity contribution is 5.89. The van der Waals surface area contributed by atoms with Gasteiger partial charge in [0.1, 0.15) is 0 Å². The zero-order valence-corrected chi connectivity index (χ0v) is 12.0. The van der Waals surface area contributed by atoms with Gasteiger partial charge < -0.3 is 9.26 Å². The van der Waals surface area contributed by atoms with Gasteiger partial charge in [0.15, 0.2) is 6.61 Å². The molecule has 0 atom stereocenters. The monoisotopic (exact) mass is 305 g/mol.